The molecule has 1 aromatic carbocycles. The number of pyridine rings is 1. The first-order valence-electron chi connectivity index (χ1n) is 8.38. The summed E-state index contributed by atoms with van der Waals surface area (Å²) in [5.41, 5.74) is 0.250. The summed E-state index contributed by atoms with van der Waals surface area (Å²) < 4.78 is 16.0. The highest BCUT2D eigenvalue weighted by Crippen LogP contribution is 2.28. The Hall–Kier alpha value is -2.80. The average molecular weight is 393 g/mol. The summed E-state index contributed by atoms with van der Waals surface area (Å²) in [6, 6.07) is 7.84. The zero-order chi connectivity index (χ0) is 19.8. The van der Waals surface area contributed by atoms with Crippen molar-refractivity contribution < 1.29 is 23.8 Å². The van der Waals surface area contributed by atoms with Gasteiger partial charge >= 0.3 is 5.97 Å². The van der Waals surface area contributed by atoms with Gasteiger partial charge in [-0.15, -0.1) is 0 Å². The van der Waals surface area contributed by atoms with Crippen LogP contribution in [0.4, 0.5) is 5.82 Å². The standard InChI is InChI=1S/C19H21ClN2O5/c1-4-9-26-15-7-5-13(10-16(15)25-3)19(24)27-12(2)18(23)22-17-8-6-14(20)11-21-17/h5-8,10-12H,4,9H2,1-3H3,(H,21,22,23)/t12-/m1/s1. The van der Waals surface area contributed by atoms with Crippen LogP contribution in [0.3, 0.4) is 0 Å². The largest absolute Gasteiger partial charge is 0.493 e. The van der Waals surface area contributed by atoms with Gasteiger partial charge in [-0.05, 0) is 43.7 Å². The SMILES string of the molecule is CCCOc1ccc(C(=O)O[C@H](C)C(=O)Nc2ccc(Cl)cn2)cc1OC. The lowest BCUT2D eigenvalue weighted by Crippen LogP contribution is -2.30. The van der Waals surface area contributed by atoms with Gasteiger partial charge in [-0.25, -0.2) is 9.78 Å². The van der Waals surface area contributed by atoms with E-state index in [0.717, 1.165) is 6.42 Å². The predicted molar refractivity (Wildman–Crippen MR) is 102 cm³/mol. The van der Waals surface area contributed by atoms with E-state index < -0.39 is 18.0 Å². The zero-order valence-electron chi connectivity index (χ0n) is 15.3. The fourth-order valence-electron chi connectivity index (χ4n) is 2.09. The fraction of sp³-hybridized carbons (Fsp3) is 0.316. The molecule has 7 nitrogen and oxygen atoms in total. The van der Waals surface area contributed by atoms with E-state index in [1.165, 1.54) is 26.3 Å². The predicted octanol–water partition coefficient (Wildman–Crippen LogP) is 3.72. The molecular weight excluding hydrogens is 372 g/mol. The first-order valence-corrected chi connectivity index (χ1v) is 8.76. The number of methoxy groups -OCH3 is 1. The lowest BCUT2D eigenvalue weighted by Gasteiger charge is -2.14. The molecule has 1 aromatic heterocycles. The van der Waals surface area contributed by atoms with E-state index >= 15 is 0 Å². The normalized spacial score (nSPS) is 11.4. The average Bonchev–Trinajstić information content (AvgIpc) is 2.67. The number of amides is 1. The first-order chi connectivity index (χ1) is 12.9. The van der Waals surface area contributed by atoms with E-state index in [1.54, 1.807) is 24.3 Å². The molecule has 1 heterocycles. The second kappa shape index (κ2) is 9.78. The Bertz CT molecular complexity index is 795. The molecule has 0 spiro atoms. The molecule has 0 aliphatic rings. The van der Waals surface area contributed by atoms with Gasteiger partial charge in [0.05, 0.1) is 24.3 Å². The maximum Gasteiger partial charge on any atom is 0.339 e. The van der Waals surface area contributed by atoms with Crippen molar-refractivity contribution in [2.24, 2.45) is 0 Å². The van der Waals surface area contributed by atoms with E-state index in [1.807, 2.05) is 6.92 Å². The second-order valence-electron chi connectivity index (χ2n) is 5.61. The topological polar surface area (TPSA) is 86.8 Å². The van der Waals surface area contributed by atoms with E-state index in [4.69, 9.17) is 25.8 Å². The van der Waals surface area contributed by atoms with Crippen molar-refractivity contribution in [2.45, 2.75) is 26.4 Å². The number of rotatable bonds is 8. The minimum atomic E-state index is -1.02. The Morgan fingerprint density at radius 2 is 2.00 bits per heavy atom. The molecule has 1 atom stereocenters. The maximum atomic E-state index is 12.3. The molecule has 0 saturated heterocycles. The smallest absolute Gasteiger partial charge is 0.339 e. The van der Waals surface area contributed by atoms with Gasteiger partial charge in [0.1, 0.15) is 5.82 Å². The van der Waals surface area contributed by atoms with E-state index in [0.29, 0.717) is 28.9 Å². The lowest BCUT2D eigenvalue weighted by molar-refractivity contribution is -0.123. The number of nitrogens with zero attached hydrogens (tertiary/aromatic N) is 1. The molecular formula is C19H21ClN2O5. The van der Waals surface area contributed by atoms with Crippen molar-refractivity contribution in [1.82, 2.24) is 4.98 Å². The second-order valence-corrected chi connectivity index (χ2v) is 6.05. The fourth-order valence-corrected chi connectivity index (χ4v) is 2.20. The van der Waals surface area contributed by atoms with Crippen LogP contribution in [0, 0.1) is 0 Å². The van der Waals surface area contributed by atoms with Gasteiger partial charge < -0.3 is 19.5 Å². The highest BCUT2D eigenvalue weighted by molar-refractivity contribution is 6.30. The number of hydrogen-bond acceptors (Lipinski definition) is 6. The van der Waals surface area contributed by atoms with Crippen LogP contribution in [0.25, 0.3) is 0 Å². The van der Waals surface area contributed by atoms with Crippen LogP contribution in [0.15, 0.2) is 36.5 Å². The van der Waals surface area contributed by atoms with Crippen molar-refractivity contribution in [3.63, 3.8) is 0 Å². The molecule has 2 rings (SSSR count). The maximum absolute atomic E-state index is 12.3. The summed E-state index contributed by atoms with van der Waals surface area (Å²) in [5.74, 6) is 0.109. The first kappa shape index (κ1) is 20.5. The van der Waals surface area contributed by atoms with Crippen molar-refractivity contribution in [2.75, 3.05) is 19.0 Å². The molecule has 0 saturated carbocycles. The van der Waals surface area contributed by atoms with Gasteiger partial charge in [0, 0.05) is 6.20 Å². The summed E-state index contributed by atoms with van der Waals surface area (Å²) >= 11 is 5.75. The minimum absolute atomic E-state index is 0.250. The number of nitrogens with one attached hydrogen (secondary N) is 1. The van der Waals surface area contributed by atoms with Crippen LogP contribution in [0.1, 0.15) is 30.6 Å². The zero-order valence-corrected chi connectivity index (χ0v) is 16.1. The van der Waals surface area contributed by atoms with Gasteiger partial charge in [0.15, 0.2) is 17.6 Å². The van der Waals surface area contributed by atoms with Crippen LogP contribution in [-0.4, -0.2) is 36.7 Å². The number of ether oxygens (including phenoxy) is 3. The summed E-state index contributed by atoms with van der Waals surface area (Å²) in [4.78, 5) is 28.4. The summed E-state index contributed by atoms with van der Waals surface area (Å²) in [6.45, 7) is 4.00. The van der Waals surface area contributed by atoms with Crippen molar-refractivity contribution in [3.8, 4) is 11.5 Å². The Balaban J connectivity index is 2.00. The van der Waals surface area contributed by atoms with E-state index in [-0.39, 0.29) is 5.56 Å². The minimum Gasteiger partial charge on any atom is -0.493 e. The molecule has 0 radical (unpaired) electrons. The molecule has 8 heteroatoms. The Labute approximate surface area is 162 Å². The van der Waals surface area contributed by atoms with Crippen LogP contribution in [-0.2, 0) is 9.53 Å². The van der Waals surface area contributed by atoms with Crippen molar-refractivity contribution in [3.05, 3.63) is 47.1 Å². The number of benzene rings is 1. The third-order valence-electron chi connectivity index (χ3n) is 3.49. The van der Waals surface area contributed by atoms with Gasteiger partial charge in [-0.3, -0.25) is 4.79 Å². The Morgan fingerprint density at radius 3 is 2.63 bits per heavy atom. The number of esters is 1. The number of halogens is 1. The summed E-state index contributed by atoms with van der Waals surface area (Å²) in [5, 5.41) is 3.00. The molecule has 0 bridgehead atoms. The van der Waals surface area contributed by atoms with Crippen LogP contribution >= 0.6 is 11.6 Å². The van der Waals surface area contributed by atoms with E-state index in [9.17, 15) is 9.59 Å². The van der Waals surface area contributed by atoms with Crippen LogP contribution < -0.4 is 14.8 Å². The number of hydrogen-bond donors (Lipinski definition) is 1. The molecule has 0 aliphatic heterocycles. The Kier molecular flexibility index (Phi) is 7.43. The number of aromatic nitrogens is 1. The highest BCUT2D eigenvalue weighted by atomic mass is 35.5. The lowest BCUT2D eigenvalue weighted by atomic mass is 10.2. The summed E-state index contributed by atoms with van der Waals surface area (Å²) in [7, 11) is 1.48. The van der Waals surface area contributed by atoms with Crippen molar-refractivity contribution in [1.29, 1.82) is 0 Å². The van der Waals surface area contributed by atoms with E-state index in [2.05, 4.69) is 10.3 Å². The molecule has 144 valence electrons. The Morgan fingerprint density at radius 1 is 1.22 bits per heavy atom. The molecule has 1 amide bonds. The van der Waals surface area contributed by atoms with Gasteiger partial charge in [0.25, 0.3) is 5.91 Å². The van der Waals surface area contributed by atoms with Gasteiger partial charge in [-0.2, -0.15) is 0 Å². The highest BCUT2D eigenvalue weighted by Gasteiger charge is 2.20. The number of carbonyl (C=O) groups is 2. The van der Waals surface area contributed by atoms with Gasteiger partial charge in [-0.1, -0.05) is 18.5 Å². The molecule has 27 heavy (non-hydrogen) atoms. The third kappa shape index (κ3) is 5.86. The monoisotopic (exact) mass is 392 g/mol. The summed E-state index contributed by atoms with van der Waals surface area (Å²) in [6.07, 6.45) is 1.24. The third-order valence-corrected chi connectivity index (χ3v) is 3.72. The molecule has 0 aliphatic carbocycles. The van der Waals surface area contributed by atoms with Crippen molar-refractivity contribution >= 4 is 29.3 Å². The number of carbonyl (C=O) groups excluding carboxylic acids is 2. The molecule has 0 fully saturated rings. The van der Waals surface area contributed by atoms with Crippen LogP contribution in [0.2, 0.25) is 5.02 Å². The molecule has 0 unspecified atom stereocenters. The molecule has 2 aromatic rings. The molecule has 1 N–H and O–H groups in total. The van der Waals surface area contributed by atoms with Crippen LogP contribution in [0.5, 0.6) is 11.5 Å². The van der Waals surface area contributed by atoms with Gasteiger partial charge in [0.2, 0.25) is 0 Å². The quantitative estimate of drug-likeness (QED) is 0.689. The number of anilines is 1.